The predicted molar refractivity (Wildman–Crippen MR) is 236 cm³/mol. The molecule has 0 aromatic rings. The number of aliphatic hydroxyl groups excluding tert-OH is 2. The van der Waals surface area contributed by atoms with E-state index in [1.165, 1.54) is 83.5 Å². The molecule has 4 atom stereocenters. The van der Waals surface area contributed by atoms with Gasteiger partial charge in [-0.2, -0.15) is 0 Å². The Labute approximate surface area is 348 Å². The lowest BCUT2D eigenvalue weighted by Crippen LogP contribution is -2.37. The third kappa shape index (κ3) is 41.7. The van der Waals surface area contributed by atoms with Crippen molar-refractivity contribution in [3.63, 3.8) is 0 Å². The Balaban J connectivity index is 4.57. The number of hydrogen-bond acceptors (Lipinski definition) is 8. The number of carbonyl (C=O) groups is 1. The molecule has 0 aliphatic heterocycles. The number of phosphoric acid groups is 1. The number of ether oxygens (including phenoxy) is 2. The molecule has 0 aromatic heterocycles. The van der Waals surface area contributed by atoms with E-state index in [2.05, 4.69) is 32.1 Å². The average molecular weight is 825 g/mol. The fourth-order valence-corrected chi connectivity index (χ4v) is 6.17. The molecule has 10 nitrogen and oxygen atoms in total. The lowest BCUT2D eigenvalue weighted by Gasteiger charge is -2.24. The molecular weight excluding hydrogens is 741 g/mol. The summed E-state index contributed by atoms with van der Waals surface area (Å²) in [5, 5.41) is 20.3. The average Bonchev–Trinajstić information content (AvgIpc) is 3.15. The molecule has 0 heterocycles. The van der Waals surface area contributed by atoms with Crippen molar-refractivity contribution in [3.05, 3.63) is 73.1 Å². The molecule has 11 heteroatoms. The zero-order valence-corrected chi connectivity index (χ0v) is 37.4. The molecule has 330 valence electrons. The van der Waals surface area contributed by atoms with Gasteiger partial charge in [0.15, 0.2) is 6.10 Å². The normalized spacial score (nSPS) is 15.5. The van der Waals surface area contributed by atoms with E-state index in [1.54, 1.807) is 42.7 Å². The number of unbranched alkanes of at least 4 members (excludes halogenated alkanes) is 14. The van der Waals surface area contributed by atoms with Gasteiger partial charge in [-0.25, -0.2) is 4.57 Å². The van der Waals surface area contributed by atoms with Crippen molar-refractivity contribution in [1.29, 1.82) is 0 Å². The topological polar surface area (TPSA) is 132 Å². The van der Waals surface area contributed by atoms with Crippen molar-refractivity contribution in [2.24, 2.45) is 0 Å². The third-order valence-electron chi connectivity index (χ3n) is 9.02. The molecule has 0 saturated heterocycles. The number of quaternary nitrogens is 1. The van der Waals surface area contributed by atoms with Crippen LogP contribution in [0.2, 0.25) is 0 Å². The van der Waals surface area contributed by atoms with Gasteiger partial charge >= 0.3 is 13.8 Å². The molecule has 0 aliphatic rings. The molecule has 0 fully saturated rings. The van der Waals surface area contributed by atoms with Crippen LogP contribution in [-0.2, 0) is 27.9 Å². The maximum absolute atomic E-state index is 12.5. The van der Waals surface area contributed by atoms with Crippen LogP contribution < -0.4 is 0 Å². The van der Waals surface area contributed by atoms with Crippen molar-refractivity contribution in [2.75, 3.05) is 47.5 Å². The second-order valence-corrected chi connectivity index (χ2v) is 17.3. The fourth-order valence-electron chi connectivity index (χ4n) is 5.43. The maximum atomic E-state index is 12.5. The summed E-state index contributed by atoms with van der Waals surface area (Å²) < 4.78 is 34.5. The highest BCUT2D eigenvalue weighted by molar-refractivity contribution is 7.47. The van der Waals surface area contributed by atoms with E-state index < -0.39 is 32.1 Å². The van der Waals surface area contributed by atoms with Crippen LogP contribution in [0.5, 0.6) is 0 Å². The van der Waals surface area contributed by atoms with Crippen LogP contribution in [0.4, 0.5) is 0 Å². The summed E-state index contributed by atoms with van der Waals surface area (Å²) in [4.78, 5) is 22.7. The molecule has 0 aliphatic carbocycles. The number of carbonyl (C=O) groups excluding carboxylic acids is 1. The highest BCUT2D eigenvalue weighted by Crippen LogP contribution is 2.43. The van der Waals surface area contributed by atoms with Gasteiger partial charge in [0, 0.05) is 6.42 Å². The van der Waals surface area contributed by atoms with Crippen LogP contribution >= 0.6 is 7.82 Å². The fraction of sp³-hybridized carbons (Fsp3) is 0.717. The molecule has 0 saturated carbocycles. The minimum absolute atomic E-state index is 0.0454. The number of rotatable bonds is 39. The van der Waals surface area contributed by atoms with Crippen LogP contribution in [0.1, 0.15) is 149 Å². The first-order chi connectivity index (χ1) is 27.4. The highest BCUT2D eigenvalue weighted by atomic mass is 31.2. The Kier molecular flexibility index (Phi) is 36.4. The van der Waals surface area contributed by atoms with Gasteiger partial charge in [-0.3, -0.25) is 13.8 Å². The smallest absolute Gasteiger partial charge is 0.472 e. The van der Waals surface area contributed by atoms with Crippen LogP contribution in [0, 0.1) is 0 Å². The van der Waals surface area contributed by atoms with E-state index in [9.17, 15) is 24.5 Å². The van der Waals surface area contributed by atoms with Crippen molar-refractivity contribution in [1.82, 2.24) is 0 Å². The number of hydrogen-bond donors (Lipinski definition) is 3. The molecule has 1 unspecified atom stereocenters. The molecular formula is C46H83NO9P+. The third-order valence-corrected chi connectivity index (χ3v) is 10.0. The van der Waals surface area contributed by atoms with E-state index in [0.717, 1.165) is 25.7 Å². The minimum Gasteiger partial charge on any atom is -0.492 e. The summed E-state index contributed by atoms with van der Waals surface area (Å²) in [6.45, 7) is 4.52. The van der Waals surface area contributed by atoms with Crippen LogP contribution in [0.25, 0.3) is 0 Å². The Hall–Kier alpha value is -2.30. The van der Waals surface area contributed by atoms with Crippen molar-refractivity contribution >= 4 is 13.8 Å². The lowest BCUT2D eigenvalue weighted by atomic mass is 10.1. The Morgan fingerprint density at radius 2 is 1.18 bits per heavy atom. The van der Waals surface area contributed by atoms with E-state index in [1.807, 2.05) is 33.3 Å². The highest BCUT2D eigenvalue weighted by Gasteiger charge is 2.25. The van der Waals surface area contributed by atoms with Gasteiger partial charge in [-0.15, -0.1) is 0 Å². The Morgan fingerprint density at radius 3 is 1.79 bits per heavy atom. The standard InChI is InChI=1S/C46H82NO9P/c1-6-8-10-12-14-15-16-17-18-19-20-21-22-23-27-31-39-53-45(42-56-57(51,52)55-40-38-47(3,4)5)41-54-46(50)37-32-36-44(49)35-30-26-25-29-34-43(48)33-28-24-13-11-9-7-2/h15-16,24-26,28-31,34-35,39,43-45,48-49H,6-14,17-23,27,32-33,36-38,40-42H2,1-5H3/p+1/b16-15-,26-25+,28-24-,34-29+,35-30-,39-31+/t43-,44-,45-/m1/s1. The van der Waals surface area contributed by atoms with Crippen LogP contribution in [0.15, 0.2) is 73.1 Å². The zero-order valence-electron chi connectivity index (χ0n) is 36.5. The van der Waals surface area contributed by atoms with Gasteiger partial charge in [0.25, 0.3) is 0 Å². The molecule has 0 rings (SSSR count). The first-order valence-corrected chi connectivity index (χ1v) is 23.4. The van der Waals surface area contributed by atoms with Gasteiger partial charge < -0.3 is 29.1 Å². The predicted octanol–water partition coefficient (Wildman–Crippen LogP) is 11.0. The number of aliphatic hydroxyl groups is 2. The van der Waals surface area contributed by atoms with Crippen LogP contribution in [-0.4, -0.2) is 91.4 Å². The summed E-state index contributed by atoms with van der Waals surface area (Å²) in [6, 6.07) is 0. The Bertz CT molecular complexity index is 1170. The molecule has 0 radical (unpaired) electrons. The summed E-state index contributed by atoms with van der Waals surface area (Å²) >= 11 is 0. The van der Waals surface area contributed by atoms with Gasteiger partial charge in [0.1, 0.15) is 19.8 Å². The van der Waals surface area contributed by atoms with Gasteiger partial charge in [-0.1, -0.05) is 132 Å². The van der Waals surface area contributed by atoms with E-state index in [-0.39, 0.29) is 26.2 Å². The lowest BCUT2D eigenvalue weighted by molar-refractivity contribution is -0.870. The second kappa shape index (κ2) is 37.9. The molecule has 0 bridgehead atoms. The van der Waals surface area contributed by atoms with Crippen LogP contribution in [0.3, 0.4) is 0 Å². The molecule has 0 amide bonds. The molecule has 0 spiro atoms. The quantitative estimate of drug-likeness (QED) is 0.0105. The summed E-state index contributed by atoms with van der Waals surface area (Å²) in [7, 11) is 1.52. The maximum Gasteiger partial charge on any atom is 0.472 e. The Morgan fingerprint density at radius 1 is 0.649 bits per heavy atom. The SMILES string of the molecule is CCCCC/C=C\C[C@@H](O)/C=C/C=C/C=C\[C@@H](O)CCCC(=O)OC[C@H](COP(=O)(O)OCC[N+](C)(C)C)O/C=C/CCCCCCCC/C=C\CCCCCC. The first kappa shape index (κ1) is 54.7. The summed E-state index contributed by atoms with van der Waals surface area (Å²) in [5.41, 5.74) is 0. The number of nitrogens with zero attached hydrogens (tertiary/aromatic N) is 1. The second-order valence-electron chi connectivity index (χ2n) is 15.8. The number of esters is 1. The largest absolute Gasteiger partial charge is 0.492 e. The minimum atomic E-state index is -4.33. The molecule has 57 heavy (non-hydrogen) atoms. The van der Waals surface area contributed by atoms with E-state index in [0.29, 0.717) is 30.3 Å². The molecule has 3 N–H and O–H groups in total. The van der Waals surface area contributed by atoms with Crippen molar-refractivity contribution in [2.45, 2.75) is 167 Å². The van der Waals surface area contributed by atoms with Crippen molar-refractivity contribution in [3.8, 4) is 0 Å². The number of allylic oxidation sites excluding steroid dienone is 8. The van der Waals surface area contributed by atoms with Gasteiger partial charge in [0.2, 0.25) is 0 Å². The summed E-state index contributed by atoms with van der Waals surface area (Å²) in [6.07, 6.45) is 42.4. The monoisotopic (exact) mass is 825 g/mol. The van der Waals surface area contributed by atoms with Gasteiger partial charge in [0.05, 0.1) is 46.2 Å². The zero-order chi connectivity index (χ0) is 42.3. The van der Waals surface area contributed by atoms with E-state index in [4.69, 9.17) is 18.5 Å². The van der Waals surface area contributed by atoms with Gasteiger partial charge in [-0.05, 0) is 76.7 Å². The first-order valence-electron chi connectivity index (χ1n) is 21.9. The summed E-state index contributed by atoms with van der Waals surface area (Å²) in [5.74, 6) is -0.465. The number of phosphoric ester groups is 1. The van der Waals surface area contributed by atoms with E-state index >= 15 is 0 Å². The number of likely N-dealkylation sites (N-methyl/N-ethyl adjacent to an activating group) is 1. The van der Waals surface area contributed by atoms with Crippen molar-refractivity contribution < 1.29 is 47.5 Å². The molecule has 0 aromatic carbocycles.